The Balaban J connectivity index is 1.86. The monoisotopic (exact) mass is 469 g/mol. The van der Waals surface area contributed by atoms with Crippen LogP contribution in [0.5, 0.6) is 11.5 Å². The van der Waals surface area contributed by atoms with Crippen LogP contribution in [-0.4, -0.2) is 56.7 Å². The van der Waals surface area contributed by atoms with Crippen molar-refractivity contribution in [3.05, 3.63) is 59.8 Å². The zero-order valence-electron chi connectivity index (χ0n) is 19.0. The topological polar surface area (TPSA) is 89.5 Å². The first-order chi connectivity index (χ1) is 15.9. The van der Waals surface area contributed by atoms with E-state index in [0.717, 1.165) is 11.3 Å². The number of carbonyl (C=O) groups is 2. The Morgan fingerprint density at radius 1 is 1.12 bits per heavy atom. The predicted octanol–water partition coefficient (Wildman–Crippen LogP) is 3.33. The molecule has 1 aliphatic heterocycles. The third-order valence-electron chi connectivity index (χ3n) is 4.72. The molecule has 9 heteroatoms. The second-order valence-corrected chi connectivity index (χ2v) is 8.19. The van der Waals surface area contributed by atoms with Crippen molar-refractivity contribution in [3.63, 3.8) is 0 Å². The van der Waals surface area contributed by atoms with Gasteiger partial charge in [-0.2, -0.15) is 0 Å². The molecule has 33 heavy (non-hydrogen) atoms. The van der Waals surface area contributed by atoms with Gasteiger partial charge in [-0.1, -0.05) is 30.0 Å². The molecule has 0 saturated carbocycles. The third-order valence-corrected chi connectivity index (χ3v) is 5.66. The van der Waals surface area contributed by atoms with Crippen molar-refractivity contribution >= 4 is 40.5 Å². The summed E-state index contributed by atoms with van der Waals surface area (Å²) in [7, 11) is 4.74. The Labute approximate surface area is 197 Å². The second kappa shape index (κ2) is 11.5. The molecular weight excluding hydrogens is 442 g/mol. The Kier molecular flexibility index (Phi) is 8.51. The summed E-state index contributed by atoms with van der Waals surface area (Å²) in [5, 5.41) is 3.28. The van der Waals surface area contributed by atoms with Crippen molar-refractivity contribution in [1.29, 1.82) is 0 Å². The number of nitrogens with zero attached hydrogens (tertiary/aromatic N) is 2. The number of amides is 2. The van der Waals surface area contributed by atoms with Gasteiger partial charge in [-0.3, -0.25) is 14.5 Å². The third kappa shape index (κ3) is 6.36. The van der Waals surface area contributed by atoms with Gasteiger partial charge < -0.3 is 19.5 Å². The van der Waals surface area contributed by atoms with Gasteiger partial charge in [0.25, 0.3) is 5.91 Å². The summed E-state index contributed by atoms with van der Waals surface area (Å²) < 4.78 is 15.5. The van der Waals surface area contributed by atoms with Crippen LogP contribution in [-0.2, 0) is 14.3 Å². The van der Waals surface area contributed by atoms with Crippen molar-refractivity contribution in [2.24, 2.45) is 4.99 Å². The molecule has 8 nitrogen and oxygen atoms in total. The van der Waals surface area contributed by atoms with Crippen molar-refractivity contribution in [3.8, 4) is 11.5 Å². The van der Waals surface area contributed by atoms with Crippen LogP contribution in [0.4, 0.5) is 5.69 Å². The highest BCUT2D eigenvalue weighted by Gasteiger charge is 2.32. The average Bonchev–Trinajstić information content (AvgIpc) is 3.13. The smallest absolute Gasteiger partial charge is 0.283 e. The minimum Gasteiger partial charge on any atom is -0.497 e. The van der Waals surface area contributed by atoms with Crippen LogP contribution in [0.15, 0.2) is 59.2 Å². The molecule has 2 amide bonds. The zero-order valence-corrected chi connectivity index (χ0v) is 19.8. The molecule has 0 fully saturated rings. The van der Waals surface area contributed by atoms with E-state index < -0.39 is 0 Å². The zero-order chi connectivity index (χ0) is 23.8. The Hall–Kier alpha value is -3.30. The summed E-state index contributed by atoms with van der Waals surface area (Å²) in [6, 6.07) is 14.4. The molecular formula is C24H27N3O5S. The van der Waals surface area contributed by atoms with Crippen molar-refractivity contribution in [2.75, 3.05) is 38.6 Å². The Bertz CT molecular complexity index is 1050. The molecule has 1 unspecified atom stereocenters. The number of nitrogens with one attached hydrogen (secondary N) is 1. The SMILES string of the molecule is COCC(C)NC(=O)CSC1=N/C(=C\c2ccc(OC)cc2)C(=O)N1c1cccc(OC)c1. The van der Waals surface area contributed by atoms with E-state index in [1.165, 1.54) is 16.7 Å². The standard InChI is InChI=1S/C24H27N3O5S/c1-16(14-30-2)25-22(28)15-33-24-26-21(12-17-8-10-19(31-3)11-9-17)23(29)27(24)18-6-5-7-20(13-18)32-4/h5-13,16H,14-15H2,1-4H3,(H,25,28)/b21-12-. The summed E-state index contributed by atoms with van der Waals surface area (Å²) in [6.45, 7) is 2.28. The fraction of sp³-hybridized carbons (Fsp3) is 0.292. The maximum Gasteiger partial charge on any atom is 0.283 e. The number of methoxy groups -OCH3 is 3. The van der Waals surface area contributed by atoms with E-state index in [2.05, 4.69) is 10.3 Å². The highest BCUT2D eigenvalue weighted by atomic mass is 32.2. The second-order valence-electron chi connectivity index (χ2n) is 7.25. The number of aliphatic imine (C=N–C) groups is 1. The van der Waals surface area contributed by atoms with Gasteiger partial charge in [0.05, 0.1) is 32.3 Å². The number of rotatable bonds is 9. The van der Waals surface area contributed by atoms with Crippen LogP contribution in [0.2, 0.25) is 0 Å². The van der Waals surface area contributed by atoms with Crippen LogP contribution in [0.3, 0.4) is 0 Å². The fourth-order valence-corrected chi connectivity index (χ4v) is 3.99. The highest BCUT2D eigenvalue weighted by Crippen LogP contribution is 2.31. The van der Waals surface area contributed by atoms with Gasteiger partial charge in [-0.05, 0) is 42.8 Å². The van der Waals surface area contributed by atoms with Crippen LogP contribution < -0.4 is 19.7 Å². The quantitative estimate of drug-likeness (QED) is 0.567. The first-order valence-corrected chi connectivity index (χ1v) is 11.3. The highest BCUT2D eigenvalue weighted by molar-refractivity contribution is 8.14. The number of anilines is 1. The number of hydrogen-bond acceptors (Lipinski definition) is 7. The first-order valence-electron chi connectivity index (χ1n) is 10.3. The lowest BCUT2D eigenvalue weighted by Gasteiger charge is -2.19. The van der Waals surface area contributed by atoms with Gasteiger partial charge in [0, 0.05) is 19.2 Å². The minimum absolute atomic E-state index is 0.108. The predicted molar refractivity (Wildman–Crippen MR) is 131 cm³/mol. The van der Waals surface area contributed by atoms with E-state index in [4.69, 9.17) is 14.2 Å². The molecule has 0 saturated heterocycles. The molecule has 0 bridgehead atoms. The lowest BCUT2D eigenvalue weighted by molar-refractivity contribution is -0.119. The van der Waals surface area contributed by atoms with Crippen molar-refractivity contribution in [2.45, 2.75) is 13.0 Å². The average molecular weight is 470 g/mol. The molecule has 1 heterocycles. The van der Waals surface area contributed by atoms with E-state index in [1.54, 1.807) is 51.7 Å². The molecule has 0 aromatic heterocycles. The summed E-state index contributed by atoms with van der Waals surface area (Å²) in [5.74, 6) is 0.994. The number of ether oxygens (including phenoxy) is 3. The van der Waals surface area contributed by atoms with E-state index in [-0.39, 0.29) is 29.3 Å². The van der Waals surface area contributed by atoms with Gasteiger partial charge in [0.15, 0.2) is 5.17 Å². The van der Waals surface area contributed by atoms with E-state index >= 15 is 0 Å². The number of benzene rings is 2. The molecule has 2 aromatic rings. The van der Waals surface area contributed by atoms with Crippen LogP contribution >= 0.6 is 11.8 Å². The Morgan fingerprint density at radius 3 is 2.52 bits per heavy atom. The molecule has 1 aliphatic rings. The molecule has 1 N–H and O–H groups in total. The number of thioether (sulfide) groups is 1. The van der Waals surface area contributed by atoms with Gasteiger partial charge in [-0.15, -0.1) is 0 Å². The fourth-order valence-electron chi connectivity index (χ4n) is 3.17. The lowest BCUT2D eigenvalue weighted by atomic mass is 10.2. The lowest BCUT2D eigenvalue weighted by Crippen LogP contribution is -2.37. The largest absolute Gasteiger partial charge is 0.497 e. The van der Waals surface area contributed by atoms with Crippen LogP contribution in [0.25, 0.3) is 6.08 Å². The Morgan fingerprint density at radius 2 is 1.85 bits per heavy atom. The number of hydrogen-bond donors (Lipinski definition) is 1. The van der Waals surface area contributed by atoms with Crippen molar-refractivity contribution in [1.82, 2.24) is 5.32 Å². The summed E-state index contributed by atoms with van der Waals surface area (Å²) in [6.07, 6.45) is 1.71. The summed E-state index contributed by atoms with van der Waals surface area (Å²) in [5.41, 5.74) is 1.70. The molecule has 1 atom stereocenters. The number of amidine groups is 1. The minimum atomic E-state index is -0.283. The first kappa shape index (κ1) is 24.3. The maximum absolute atomic E-state index is 13.3. The molecule has 3 rings (SSSR count). The molecule has 2 aromatic carbocycles. The van der Waals surface area contributed by atoms with E-state index in [9.17, 15) is 9.59 Å². The molecule has 0 radical (unpaired) electrons. The molecule has 0 aliphatic carbocycles. The van der Waals surface area contributed by atoms with Gasteiger partial charge in [0.1, 0.15) is 17.2 Å². The van der Waals surface area contributed by atoms with E-state index in [0.29, 0.717) is 23.2 Å². The number of carbonyl (C=O) groups excluding carboxylic acids is 2. The summed E-state index contributed by atoms with van der Waals surface area (Å²) in [4.78, 5) is 31.7. The van der Waals surface area contributed by atoms with E-state index in [1.807, 2.05) is 31.2 Å². The summed E-state index contributed by atoms with van der Waals surface area (Å²) >= 11 is 1.19. The maximum atomic E-state index is 13.3. The normalized spacial score (nSPS) is 15.4. The van der Waals surface area contributed by atoms with Gasteiger partial charge in [-0.25, -0.2) is 4.99 Å². The van der Waals surface area contributed by atoms with Crippen LogP contribution in [0.1, 0.15) is 12.5 Å². The van der Waals surface area contributed by atoms with Crippen LogP contribution in [0, 0.1) is 0 Å². The molecule has 174 valence electrons. The van der Waals surface area contributed by atoms with Crippen molar-refractivity contribution < 1.29 is 23.8 Å². The molecule has 0 spiro atoms. The van der Waals surface area contributed by atoms with Gasteiger partial charge >= 0.3 is 0 Å². The van der Waals surface area contributed by atoms with Gasteiger partial charge in [0.2, 0.25) is 5.91 Å².